The van der Waals surface area contributed by atoms with Crippen molar-refractivity contribution in [2.75, 3.05) is 25.4 Å². The summed E-state index contributed by atoms with van der Waals surface area (Å²) >= 11 is 0. The molecule has 1 atom stereocenters. The molecule has 0 radical (unpaired) electrons. The maximum atomic E-state index is 12.3. The highest BCUT2D eigenvalue weighted by atomic mass is 16.5. The van der Waals surface area contributed by atoms with Gasteiger partial charge in [0.1, 0.15) is 5.69 Å². The first kappa shape index (κ1) is 11.9. The molecule has 6 nitrogen and oxygen atoms in total. The Kier molecular flexibility index (Phi) is 3.33. The Morgan fingerprint density at radius 1 is 1.71 bits per heavy atom. The molecule has 1 unspecified atom stereocenters. The molecule has 2 rings (SSSR count). The first-order chi connectivity index (χ1) is 8.13. The van der Waals surface area contributed by atoms with E-state index >= 15 is 0 Å². The second-order valence-corrected chi connectivity index (χ2v) is 4.20. The molecule has 0 saturated carbocycles. The van der Waals surface area contributed by atoms with Crippen molar-refractivity contribution in [3.05, 3.63) is 11.9 Å². The van der Waals surface area contributed by atoms with Gasteiger partial charge in [0.15, 0.2) is 0 Å². The van der Waals surface area contributed by atoms with Crippen LogP contribution < -0.4 is 5.73 Å². The Hall–Kier alpha value is -1.56. The van der Waals surface area contributed by atoms with Crippen molar-refractivity contribution in [3.8, 4) is 0 Å². The van der Waals surface area contributed by atoms with Crippen LogP contribution in [-0.4, -0.2) is 46.4 Å². The molecule has 6 heteroatoms. The summed E-state index contributed by atoms with van der Waals surface area (Å²) in [6.45, 7) is 6.32. The Morgan fingerprint density at radius 2 is 2.47 bits per heavy atom. The summed E-state index contributed by atoms with van der Waals surface area (Å²) < 4.78 is 7.05. The second kappa shape index (κ2) is 4.75. The first-order valence-corrected chi connectivity index (χ1v) is 5.85. The Balaban J connectivity index is 2.21. The lowest BCUT2D eigenvalue weighted by Crippen LogP contribution is -2.45. The number of rotatable bonds is 2. The fourth-order valence-corrected chi connectivity index (χ4v) is 2.03. The molecule has 2 heterocycles. The van der Waals surface area contributed by atoms with Crippen LogP contribution in [0.2, 0.25) is 0 Å². The molecule has 0 spiro atoms. The van der Waals surface area contributed by atoms with E-state index in [1.807, 2.05) is 13.8 Å². The summed E-state index contributed by atoms with van der Waals surface area (Å²) in [6, 6.07) is 0. The van der Waals surface area contributed by atoms with Gasteiger partial charge in [0.2, 0.25) is 0 Å². The molecule has 1 saturated heterocycles. The van der Waals surface area contributed by atoms with E-state index in [2.05, 4.69) is 5.10 Å². The summed E-state index contributed by atoms with van der Waals surface area (Å²) in [7, 11) is 0. The number of nitrogens with zero attached hydrogens (tertiary/aromatic N) is 3. The minimum Gasteiger partial charge on any atom is -0.396 e. The number of carbonyl (C=O) groups is 1. The van der Waals surface area contributed by atoms with Crippen molar-refractivity contribution in [3.63, 3.8) is 0 Å². The third kappa shape index (κ3) is 2.26. The highest BCUT2D eigenvalue weighted by Crippen LogP contribution is 2.16. The number of amides is 1. The fourth-order valence-electron chi connectivity index (χ4n) is 2.03. The monoisotopic (exact) mass is 238 g/mol. The van der Waals surface area contributed by atoms with Gasteiger partial charge in [0, 0.05) is 19.6 Å². The van der Waals surface area contributed by atoms with Gasteiger partial charge in [0.25, 0.3) is 5.91 Å². The van der Waals surface area contributed by atoms with Crippen LogP contribution in [0.15, 0.2) is 6.20 Å². The summed E-state index contributed by atoms with van der Waals surface area (Å²) in [5.74, 6) is -0.0583. The van der Waals surface area contributed by atoms with Gasteiger partial charge in [-0.05, 0) is 13.8 Å². The Bertz CT molecular complexity index is 416. The van der Waals surface area contributed by atoms with Crippen LogP contribution in [0.3, 0.4) is 0 Å². The standard InChI is InChI=1S/C11H18N4O2/c1-3-15-10(9(12)6-13-15)11(16)14-4-5-17-8(2)7-14/h6,8H,3-5,7,12H2,1-2H3. The molecular formula is C11H18N4O2. The quantitative estimate of drug-likeness (QED) is 0.806. The lowest BCUT2D eigenvalue weighted by molar-refractivity contribution is -0.0128. The van der Waals surface area contributed by atoms with Gasteiger partial charge in [-0.3, -0.25) is 9.48 Å². The number of aromatic nitrogens is 2. The third-order valence-corrected chi connectivity index (χ3v) is 2.90. The van der Waals surface area contributed by atoms with E-state index in [-0.39, 0.29) is 12.0 Å². The summed E-state index contributed by atoms with van der Waals surface area (Å²) in [5, 5.41) is 4.08. The molecule has 17 heavy (non-hydrogen) atoms. The number of anilines is 1. The molecule has 1 fully saturated rings. The molecule has 1 aromatic heterocycles. The molecule has 0 aromatic carbocycles. The van der Waals surface area contributed by atoms with Crippen LogP contribution >= 0.6 is 0 Å². The zero-order valence-electron chi connectivity index (χ0n) is 10.2. The normalized spacial score (nSPS) is 20.6. The predicted octanol–water partition coefficient (Wildman–Crippen LogP) is 0.346. The van der Waals surface area contributed by atoms with Gasteiger partial charge in [-0.25, -0.2) is 0 Å². The van der Waals surface area contributed by atoms with Crippen LogP contribution in [-0.2, 0) is 11.3 Å². The highest BCUT2D eigenvalue weighted by Gasteiger charge is 2.26. The van der Waals surface area contributed by atoms with E-state index in [1.165, 1.54) is 6.20 Å². The van der Waals surface area contributed by atoms with Gasteiger partial charge in [-0.15, -0.1) is 0 Å². The van der Waals surface area contributed by atoms with E-state index in [0.717, 1.165) is 0 Å². The summed E-state index contributed by atoms with van der Waals surface area (Å²) in [4.78, 5) is 14.1. The number of nitrogen functional groups attached to an aromatic ring is 1. The minimum atomic E-state index is -0.0583. The molecule has 94 valence electrons. The molecule has 0 bridgehead atoms. The summed E-state index contributed by atoms with van der Waals surface area (Å²) in [6.07, 6.45) is 1.60. The van der Waals surface area contributed by atoms with Crippen LogP contribution in [0.5, 0.6) is 0 Å². The lowest BCUT2D eigenvalue weighted by Gasteiger charge is -2.31. The van der Waals surface area contributed by atoms with E-state index in [0.29, 0.717) is 37.6 Å². The SMILES string of the molecule is CCn1ncc(N)c1C(=O)N1CCOC(C)C1. The van der Waals surface area contributed by atoms with E-state index < -0.39 is 0 Å². The second-order valence-electron chi connectivity index (χ2n) is 4.20. The zero-order chi connectivity index (χ0) is 12.4. The van der Waals surface area contributed by atoms with Crippen molar-refractivity contribution in [2.24, 2.45) is 0 Å². The summed E-state index contributed by atoms with van der Waals surface area (Å²) in [5.41, 5.74) is 6.73. The van der Waals surface area contributed by atoms with Crippen LogP contribution in [0.4, 0.5) is 5.69 Å². The minimum absolute atomic E-state index is 0.0583. The average Bonchev–Trinajstić information content (AvgIpc) is 2.69. The lowest BCUT2D eigenvalue weighted by atomic mass is 10.2. The molecule has 1 amide bonds. The number of carbonyl (C=O) groups excluding carboxylic acids is 1. The maximum absolute atomic E-state index is 12.3. The number of morpholine rings is 1. The van der Waals surface area contributed by atoms with Crippen LogP contribution in [0.25, 0.3) is 0 Å². The van der Waals surface area contributed by atoms with Crippen LogP contribution in [0, 0.1) is 0 Å². The molecular weight excluding hydrogens is 220 g/mol. The van der Waals surface area contributed by atoms with E-state index in [4.69, 9.17) is 10.5 Å². The topological polar surface area (TPSA) is 73.4 Å². The van der Waals surface area contributed by atoms with Gasteiger partial charge in [-0.1, -0.05) is 0 Å². The van der Waals surface area contributed by atoms with Gasteiger partial charge < -0.3 is 15.4 Å². The number of aryl methyl sites for hydroxylation is 1. The van der Waals surface area contributed by atoms with Crippen molar-refractivity contribution < 1.29 is 9.53 Å². The van der Waals surface area contributed by atoms with Crippen molar-refractivity contribution >= 4 is 11.6 Å². The van der Waals surface area contributed by atoms with E-state index in [1.54, 1.807) is 9.58 Å². The maximum Gasteiger partial charge on any atom is 0.274 e. The zero-order valence-corrected chi connectivity index (χ0v) is 10.2. The predicted molar refractivity (Wildman–Crippen MR) is 63.6 cm³/mol. The number of ether oxygens (including phenoxy) is 1. The molecule has 1 aliphatic rings. The van der Waals surface area contributed by atoms with Crippen molar-refractivity contribution in [1.29, 1.82) is 0 Å². The molecule has 0 aliphatic carbocycles. The van der Waals surface area contributed by atoms with Gasteiger partial charge in [0.05, 0.1) is 24.6 Å². The van der Waals surface area contributed by atoms with E-state index in [9.17, 15) is 4.79 Å². The highest BCUT2D eigenvalue weighted by molar-refractivity contribution is 5.97. The van der Waals surface area contributed by atoms with Gasteiger partial charge in [-0.2, -0.15) is 5.10 Å². The largest absolute Gasteiger partial charge is 0.396 e. The first-order valence-electron chi connectivity index (χ1n) is 5.85. The molecule has 1 aromatic rings. The molecule has 2 N–H and O–H groups in total. The third-order valence-electron chi connectivity index (χ3n) is 2.90. The van der Waals surface area contributed by atoms with Crippen LogP contribution in [0.1, 0.15) is 24.3 Å². The van der Waals surface area contributed by atoms with Crippen molar-refractivity contribution in [1.82, 2.24) is 14.7 Å². The van der Waals surface area contributed by atoms with Crippen molar-refractivity contribution in [2.45, 2.75) is 26.5 Å². The fraction of sp³-hybridized carbons (Fsp3) is 0.636. The number of nitrogens with two attached hydrogens (primary N) is 1. The Labute approximate surface area is 100 Å². The smallest absolute Gasteiger partial charge is 0.274 e. The Morgan fingerprint density at radius 3 is 3.12 bits per heavy atom. The average molecular weight is 238 g/mol. The number of hydrogen-bond acceptors (Lipinski definition) is 4. The van der Waals surface area contributed by atoms with Gasteiger partial charge >= 0.3 is 0 Å². The molecule has 1 aliphatic heterocycles. The number of hydrogen-bond donors (Lipinski definition) is 1.